The first-order valence-electron chi connectivity index (χ1n) is 8.95. The number of H-pyrrole nitrogens is 1. The molecule has 146 valence electrons. The number of benzene rings is 2. The van der Waals surface area contributed by atoms with Gasteiger partial charge in [-0.15, -0.1) is 0 Å². The van der Waals surface area contributed by atoms with Crippen LogP contribution in [0.1, 0.15) is 22.6 Å². The van der Waals surface area contributed by atoms with Crippen molar-refractivity contribution in [2.75, 3.05) is 11.9 Å². The molecule has 8 nitrogen and oxygen atoms in total. The van der Waals surface area contributed by atoms with Crippen molar-refractivity contribution < 1.29 is 19.4 Å². The zero-order chi connectivity index (χ0) is 20.4. The monoisotopic (exact) mass is 391 g/mol. The summed E-state index contributed by atoms with van der Waals surface area (Å²) in [6.07, 6.45) is -0.0967. The topological polar surface area (TPSA) is 121 Å². The largest absolute Gasteiger partial charge is 0.481 e. The highest BCUT2D eigenvalue weighted by atomic mass is 16.5. The maximum absolute atomic E-state index is 12.2. The lowest BCUT2D eigenvalue weighted by Crippen LogP contribution is -2.23. The quantitative estimate of drug-likeness (QED) is 0.615. The maximum Gasteiger partial charge on any atom is 0.414 e. The third-order valence-corrected chi connectivity index (χ3v) is 4.78. The molecule has 0 saturated heterocycles. The van der Waals surface area contributed by atoms with E-state index >= 15 is 0 Å². The third-order valence-electron chi connectivity index (χ3n) is 4.78. The number of amides is 1. The second-order valence-corrected chi connectivity index (χ2v) is 6.61. The number of carbonyl (C=O) groups is 2. The number of fused-ring (bicyclic) bond motifs is 3. The average molecular weight is 391 g/mol. The number of nitrogens with one attached hydrogen (secondary N) is 2. The summed E-state index contributed by atoms with van der Waals surface area (Å²) < 4.78 is 5.37. The molecule has 2 aromatic carbocycles. The van der Waals surface area contributed by atoms with Gasteiger partial charge in [0.1, 0.15) is 6.61 Å². The first kappa shape index (κ1) is 18.4. The fourth-order valence-corrected chi connectivity index (χ4v) is 3.50. The van der Waals surface area contributed by atoms with Crippen molar-refractivity contribution in [2.24, 2.45) is 0 Å². The van der Waals surface area contributed by atoms with Crippen LogP contribution in [0, 0.1) is 0 Å². The van der Waals surface area contributed by atoms with Crippen LogP contribution >= 0.6 is 0 Å². The van der Waals surface area contributed by atoms with Gasteiger partial charge in [-0.05, 0) is 22.3 Å². The van der Waals surface area contributed by atoms with Crippen molar-refractivity contribution >= 4 is 18.0 Å². The van der Waals surface area contributed by atoms with Crippen LogP contribution in [0.15, 0.2) is 59.5 Å². The maximum atomic E-state index is 12.2. The number of hydrogen-bond acceptors (Lipinski definition) is 5. The number of ether oxygens (including phenoxy) is 1. The molecular formula is C21H17N3O5. The van der Waals surface area contributed by atoms with Gasteiger partial charge in [0.05, 0.1) is 6.42 Å². The van der Waals surface area contributed by atoms with Crippen molar-refractivity contribution in [2.45, 2.75) is 12.3 Å². The number of carbonyl (C=O) groups excluding carboxylic acids is 1. The standard InChI is InChI=1S/C21H17N3O5/c25-18(26)9-12-10-22-20(23-19(12)27)24-21(28)29-11-17-15-7-3-1-5-13(15)14-6-2-4-8-16(14)17/h1-8,10,17H,9,11H2,(H,25,26)(H2,22,23,24,27,28). The lowest BCUT2D eigenvalue weighted by molar-refractivity contribution is -0.136. The number of hydrogen-bond donors (Lipinski definition) is 3. The van der Waals surface area contributed by atoms with Crippen molar-refractivity contribution in [1.29, 1.82) is 0 Å². The molecule has 0 atom stereocenters. The number of carboxylic acids is 1. The molecule has 0 unspecified atom stereocenters. The number of aliphatic carboxylic acids is 1. The summed E-state index contributed by atoms with van der Waals surface area (Å²) in [6, 6.07) is 16.0. The predicted molar refractivity (Wildman–Crippen MR) is 105 cm³/mol. The number of nitrogens with zero attached hydrogens (tertiary/aromatic N) is 1. The van der Waals surface area contributed by atoms with Crippen molar-refractivity contribution in [3.8, 4) is 11.1 Å². The molecule has 3 aromatic rings. The van der Waals surface area contributed by atoms with E-state index in [1.807, 2.05) is 48.5 Å². The summed E-state index contributed by atoms with van der Waals surface area (Å²) in [4.78, 5) is 40.9. The number of anilines is 1. The van der Waals surface area contributed by atoms with E-state index in [-0.39, 0.29) is 24.0 Å². The molecule has 4 rings (SSSR count). The molecule has 1 aromatic heterocycles. The molecule has 0 bridgehead atoms. The van der Waals surface area contributed by atoms with Gasteiger partial charge in [-0.2, -0.15) is 0 Å². The van der Waals surface area contributed by atoms with E-state index in [1.165, 1.54) is 0 Å². The second-order valence-electron chi connectivity index (χ2n) is 6.61. The van der Waals surface area contributed by atoms with Gasteiger partial charge in [-0.3, -0.25) is 19.9 Å². The van der Waals surface area contributed by atoms with Crippen LogP contribution in [-0.2, 0) is 16.0 Å². The van der Waals surface area contributed by atoms with Crippen LogP contribution in [0.3, 0.4) is 0 Å². The summed E-state index contributed by atoms with van der Waals surface area (Å²) in [5.41, 5.74) is 3.79. The molecule has 0 fully saturated rings. The van der Waals surface area contributed by atoms with E-state index < -0.39 is 24.0 Å². The molecular weight excluding hydrogens is 374 g/mol. The Kier molecular flexibility index (Phi) is 4.82. The number of aromatic amines is 1. The summed E-state index contributed by atoms with van der Waals surface area (Å²) in [5.74, 6) is -1.34. The Labute approximate surface area is 165 Å². The Morgan fingerprint density at radius 1 is 1.07 bits per heavy atom. The summed E-state index contributed by atoms with van der Waals surface area (Å²) >= 11 is 0. The van der Waals surface area contributed by atoms with Crippen LogP contribution in [0.2, 0.25) is 0 Å². The molecule has 29 heavy (non-hydrogen) atoms. The van der Waals surface area contributed by atoms with Crippen LogP contribution in [0.25, 0.3) is 11.1 Å². The smallest absolute Gasteiger partial charge is 0.414 e. The molecule has 1 heterocycles. The lowest BCUT2D eigenvalue weighted by Gasteiger charge is -2.14. The summed E-state index contributed by atoms with van der Waals surface area (Å²) in [7, 11) is 0. The third kappa shape index (κ3) is 3.73. The van der Waals surface area contributed by atoms with Gasteiger partial charge in [0.15, 0.2) is 0 Å². The minimum absolute atomic E-state index is 0.00409. The number of aromatic nitrogens is 2. The van der Waals surface area contributed by atoms with Gasteiger partial charge in [-0.1, -0.05) is 48.5 Å². The van der Waals surface area contributed by atoms with E-state index in [4.69, 9.17) is 9.84 Å². The molecule has 1 aliphatic carbocycles. The first-order chi connectivity index (χ1) is 14.0. The number of carboxylic acid groups (broad SMARTS) is 1. The normalized spacial score (nSPS) is 12.1. The lowest BCUT2D eigenvalue weighted by atomic mass is 9.98. The summed E-state index contributed by atoms with van der Waals surface area (Å²) in [5, 5.41) is 11.1. The van der Waals surface area contributed by atoms with Gasteiger partial charge >= 0.3 is 12.1 Å². The molecule has 3 N–H and O–H groups in total. The van der Waals surface area contributed by atoms with Gasteiger partial charge < -0.3 is 9.84 Å². The van der Waals surface area contributed by atoms with Gasteiger partial charge in [0, 0.05) is 17.7 Å². The number of rotatable bonds is 5. The fraction of sp³-hybridized carbons (Fsp3) is 0.143. The van der Waals surface area contributed by atoms with E-state index in [0.717, 1.165) is 28.5 Å². The second kappa shape index (κ2) is 7.59. The van der Waals surface area contributed by atoms with Crippen molar-refractivity contribution in [1.82, 2.24) is 9.97 Å². The SMILES string of the molecule is O=C(O)Cc1cnc(NC(=O)OCC2c3ccccc3-c3ccccc32)[nH]c1=O. The predicted octanol–water partition coefficient (Wildman–Crippen LogP) is 2.76. The van der Waals surface area contributed by atoms with E-state index in [2.05, 4.69) is 15.3 Å². The van der Waals surface area contributed by atoms with E-state index in [9.17, 15) is 14.4 Å². The van der Waals surface area contributed by atoms with Crippen LogP contribution in [0.4, 0.5) is 10.7 Å². The molecule has 8 heteroatoms. The van der Waals surface area contributed by atoms with Crippen molar-refractivity contribution in [3.63, 3.8) is 0 Å². The zero-order valence-corrected chi connectivity index (χ0v) is 15.2. The van der Waals surface area contributed by atoms with Crippen LogP contribution in [-0.4, -0.2) is 33.7 Å². The highest BCUT2D eigenvalue weighted by molar-refractivity contribution is 5.83. The molecule has 1 amide bonds. The Hall–Kier alpha value is -3.94. The van der Waals surface area contributed by atoms with Crippen molar-refractivity contribution in [3.05, 3.63) is 81.8 Å². The minimum atomic E-state index is -1.14. The highest BCUT2D eigenvalue weighted by Gasteiger charge is 2.29. The van der Waals surface area contributed by atoms with Gasteiger partial charge in [-0.25, -0.2) is 9.78 Å². The zero-order valence-electron chi connectivity index (χ0n) is 15.2. The fourth-order valence-electron chi connectivity index (χ4n) is 3.50. The van der Waals surface area contributed by atoms with Crippen LogP contribution in [0.5, 0.6) is 0 Å². The average Bonchev–Trinajstić information content (AvgIpc) is 3.02. The van der Waals surface area contributed by atoms with E-state index in [0.29, 0.717) is 0 Å². The highest BCUT2D eigenvalue weighted by Crippen LogP contribution is 2.44. The first-order valence-corrected chi connectivity index (χ1v) is 8.95. The molecule has 1 aliphatic rings. The van der Waals surface area contributed by atoms with Gasteiger partial charge in [0.2, 0.25) is 5.95 Å². The molecule has 0 aliphatic heterocycles. The van der Waals surface area contributed by atoms with Crippen LogP contribution < -0.4 is 10.9 Å². The van der Waals surface area contributed by atoms with Gasteiger partial charge in [0.25, 0.3) is 5.56 Å². The Morgan fingerprint density at radius 3 is 2.28 bits per heavy atom. The Morgan fingerprint density at radius 2 is 1.69 bits per heavy atom. The van der Waals surface area contributed by atoms with E-state index in [1.54, 1.807) is 0 Å². The Bertz CT molecular complexity index is 1110. The summed E-state index contributed by atoms with van der Waals surface area (Å²) in [6.45, 7) is 0.126. The molecule has 0 spiro atoms. The molecule has 0 radical (unpaired) electrons. The molecule has 0 saturated carbocycles. The Balaban J connectivity index is 1.45. The minimum Gasteiger partial charge on any atom is -0.481 e.